The molecule has 10 rings (SSSR count). The molecule has 0 unspecified atom stereocenters. The Labute approximate surface area is 338 Å². The van der Waals surface area contributed by atoms with Crippen LogP contribution in [-0.2, 0) is 27.5 Å². The van der Waals surface area contributed by atoms with Gasteiger partial charge >= 0.3 is 21.1 Å². The van der Waals surface area contributed by atoms with Crippen molar-refractivity contribution >= 4 is 43.9 Å². The van der Waals surface area contributed by atoms with E-state index in [1.165, 1.54) is 0 Å². The molecule has 56 heavy (non-hydrogen) atoms. The van der Waals surface area contributed by atoms with Gasteiger partial charge in [0.2, 0.25) is 0 Å². The molecule has 0 spiro atoms. The first-order valence-electron chi connectivity index (χ1n) is 18.4. The Morgan fingerprint density at radius 2 is 0.839 bits per heavy atom. The number of para-hydroxylation sites is 2. The number of aromatic nitrogens is 4. The van der Waals surface area contributed by atoms with E-state index in [4.69, 9.17) is 28.8 Å². The Hall–Kier alpha value is -6.23. The van der Waals surface area contributed by atoms with E-state index in [1.54, 1.807) is 12.7 Å². The van der Waals surface area contributed by atoms with Gasteiger partial charge in [0.1, 0.15) is 23.8 Å². The third kappa shape index (κ3) is 6.02. The van der Waals surface area contributed by atoms with Crippen LogP contribution in [0.1, 0.15) is 33.4 Å². The van der Waals surface area contributed by atoms with Gasteiger partial charge in [0.15, 0.2) is 0 Å². The summed E-state index contributed by atoms with van der Waals surface area (Å²) in [5.74, 6) is 0. The molecule has 0 aliphatic heterocycles. The summed E-state index contributed by atoms with van der Waals surface area (Å²) >= 11 is 0. The van der Waals surface area contributed by atoms with Crippen molar-refractivity contribution in [1.82, 2.24) is 19.9 Å². The Bertz CT molecular complexity index is 2890. The second-order valence-corrected chi connectivity index (χ2v) is 14.3. The third-order valence-corrected chi connectivity index (χ3v) is 10.6. The average molecular weight is 906 g/mol. The summed E-state index contributed by atoms with van der Waals surface area (Å²) in [4.78, 5) is 19.0. The molecule has 272 valence electrons. The van der Waals surface area contributed by atoms with Gasteiger partial charge in [0.05, 0.1) is 22.6 Å². The molecule has 0 radical (unpaired) electrons. The topological polar surface area (TPSA) is 77.8 Å². The number of nitrogens with zero attached hydrogens (tertiary/aromatic N) is 4. The Kier molecular flexibility index (Phi) is 8.94. The van der Waals surface area contributed by atoms with Gasteiger partial charge in [0.25, 0.3) is 0 Å². The van der Waals surface area contributed by atoms with Crippen molar-refractivity contribution in [2.24, 2.45) is 0 Å². The zero-order valence-corrected chi connectivity index (χ0v) is 33.4. The maximum atomic E-state index is 6.55. The molecule has 0 amide bonds. The first kappa shape index (κ1) is 35.5. The monoisotopic (exact) mass is 905 g/mol. The Balaban J connectivity index is 0.00000410. The fraction of sp³-hybridized carbons (Fsp3) is 0.102. The van der Waals surface area contributed by atoms with Gasteiger partial charge in [-0.15, -0.1) is 35.4 Å². The van der Waals surface area contributed by atoms with E-state index in [1.807, 2.05) is 48.5 Å². The normalized spacial score (nSPS) is 11.5. The largest absolute Gasteiger partial charge is 2.00 e. The van der Waals surface area contributed by atoms with E-state index in [0.29, 0.717) is 6.42 Å². The minimum absolute atomic E-state index is 0. The number of fused-ring (bicyclic) bond motifs is 6. The van der Waals surface area contributed by atoms with Crippen LogP contribution in [-0.4, -0.2) is 19.9 Å². The molecule has 0 fully saturated rings. The van der Waals surface area contributed by atoms with Gasteiger partial charge in [0, 0.05) is 21.9 Å². The van der Waals surface area contributed by atoms with Gasteiger partial charge in [-0.1, -0.05) is 107 Å². The summed E-state index contributed by atoms with van der Waals surface area (Å²) in [7, 11) is 0. The number of furan rings is 2. The second-order valence-electron chi connectivity index (χ2n) is 14.3. The molecule has 4 aromatic heterocycles. The molecule has 0 saturated heterocycles. The van der Waals surface area contributed by atoms with Crippen molar-refractivity contribution in [2.75, 3.05) is 0 Å². The van der Waals surface area contributed by atoms with Crippen LogP contribution in [0, 0.1) is 39.8 Å². The van der Waals surface area contributed by atoms with Crippen molar-refractivity contribution in [3.8, 4) is 45.0 Å². The summed E-state index contributed by atoms with van der Waals surface area (Å²) < 4.78 is 13.1. The predicted octanol–water partition coefficient (Wildman–Crippen LogP) is 12.2. The number of hydrogen-bond acceptors (Lipinski definition) is 6. The first-order chi connectivity index (χ1) is 26.9. The maximum absolute atomic E-state index is 6.55. The minimum Gasteiger partial charge on any atom is -0.501 e. The molecule has 0 aliphatic rings. The van der Waals surface area contributed by atoms with Crippen LogP contribution >= 0.6 is 0 Å². The average Bonchev–Trinajstić information content (AvgIpc) is 3.76. The molecule has 0 N–H and O–H groups in total. The predicted molar refractivity (Wildman–Crippen MR) is 220 cm³/mol. The smallest absolute Gasteiger partial charge is 0.501 e. The van der Waals surface area contributed by atoms with Crippen molar-refractivity contribution in [1.29, 1.82) is 0 Å². The van der Waals surface area contributed by atoms with Crippen LogP contribution in [0.3, 0.4) is 0 Å². The van der Waals surface area contributed by atoms with Crippen LogP contribution in [0.15, 0.2) is 131 Å². The van der Waals surface area contributed by atoms with Crippen LogP contribution in [0.5, 0.6) is 0 Å². The van der Waals surface area contributed by atoms with Crippen molar-refractivity contribution in [3.05, 3.63) is 167 Å². The van der Waals surface area contributed by atoms with E-state index >= 15 is 0 Å². The van der Waals surface area contributed by atoms with E-state index in [9.17, 15) is 0 Å². The number of benzene rings is 6. The molecule has 0 saturated carbocycles. The third-order valence-electron chi connectivity index (χ3n) is 10.6. The van der Waals surface area contributed by atoms with Crippen LogP contribution in [0.25, 0.3) is 88.9 Å². The zero-order valence-electron chi connectivity index (χ0n) is 31.2. The Morgan fingerprint density at radius 3 is 1.27 bits per heavy atom. The number of hydrogen-bond donors (Lipinski definition) is 0. The summed E-state index contributed by atoms with van der Waals surface area (Å²) in [6.07, 6.45) is 3.82. The molecule has 7 heteroatoms. The molecule has 10 aromatic rings. The minimum atomic E-state index is 0. The second kappa shape index (κ2) is 14.1. The molecule has 0 atom stereocenters. The standard InChI is InChI=1S/C49H34N4O2.Pt/c1-28-11-9-12-29(2)46(28)42-24-40(50-26-52-42)38-22-32(20-36-34-15-5-7-17-44(34)54-48(36)38)19-33-21-37-35-16-6-8-18-45(35)55-49(37)39(23-33)41-25-43(53-27-51-41)47-30(3)13-10-14-31(47)4;/h5-18,20-21,24-27H,19H2,1-4H3;/q-2;+2. The quantitative estimate of drug-likeness (QED) is 0.155. The van der Waals surface area contributed by atoms with Gasteiger partial charge in [-0.2, -0.15) is 0 Å². The van der Waals surface area contributed by atoms with Gasteiger partial charge in [-0.3, -0.25) is 9.97 Å². The van der Waals surface area contributed by atoms with Crippen LogP contribution < -0.4 is 0 Å². The zero-order chi connectivity index (χ0) is 37.2. The first-order valence-corrected chi connectivity index (χ1v) is 18.4. The number of aryl methyl sites for hydroxylation is 4. The Morgan fingerprint density at radius 1 is 0.446 bits per heavy atom. The van der Waals surface area contributed by atoms with E-state index in [2.05, 4.69) is 100 Å². The van der Waals surface area contributed by atoms with E-state index in [-0.39, 0.29) is 21.1 Å². The van der Waals surface area contributed by atoms with E-state index < -0.39 is 0 Å². The van der Waals surface area contributed by atoms with Crippen molar-refractivity contribution in [2.45, 2.75) is 34.1 Å². The molecule has 0 bridgehead atoms. The molecule has 4 heterocycles. The number of rotatable bonds is 6. The van der Waals surface area contributed by atoms with Gasteiger partial charge in [-0.25, -0.2) is 9.97 Å². The summed E-state index contributed by atoms with van der Waals surface area (Å²) in [5, 5.41) is 4.10. The SMILES string of the molecule is Cc1cccc(C)c1-c1cc(-c2[c-]c(Cc3[c-]c(-c4cc(-c5c(C)cccc5C)ncn4)c4oc5ccccc5c4c3)cc3c2oc2ccccc23)ncn1.[Pt+2]. The van der Waals surface area contributed by atoms with Crippen molar-refractivity contribution in [3.63, 3.8) is 0 Å². The van der Waals surface area contributed by atoms with Crippen molar-refractivity contribution < 1.29 is 29.9 Å². The molecule has 6 nitrogen and oxygen atoms in total. The summed E-state index contributed by atoms with van der Waals surface area (Å²) in [6.45, 7) is 8.46. The maximum Gasteiger partial charge on any atom is 2.00 e. The molecule has 6 aromatic carbocycles. The van der Waals surface area contributed by atoms with Crippen LogP contribution in [0.4, 0.5) is 0 Å². The summed E-state index contributed by atoms with van der Waals surface area (Å²) in [5.41, 5.74) is 16.8. The summed E-state index contributed by atoms with van der Waals surface area (Å²) in [6, 6.07) is 44.9. The molecule has 0 aliphatic carbocycles. The fourth-order valence-electron chi connectivity index (χ4n) is 8.10. The molecular weight excluding hydrogens is 872 g/mol. The van der Waals surface area contributed by atoms with Gasteiger partial charge in [-0.05, 0) is 79.9 Å². The van der Waals surface area contributed by atoms with E-state index in [0.717, 1.165) is 122 Å². The van der Waals surface area contributed by atoms with Crippen LogP contribution in [0.2, 0.25) is 0 Å². The molecular formula is C49H34N4O2Pt. The fourth-order valence-corrected chi connectivity index (χ4v) is 8.10. The van der Waals surface area contributed by atoms with Gasteiger partial charge < -0.3 is 8.83 Å².